The molecule has 9 nitrogen and oxygen atoms in total. The van der Waals surface area contributed by atoms with E-state index in [0.717, 1.165) is 36.8 Å². The molecule has 0 atom stereocenters. The Morgan fingerprint density at radius 2 is 2.13 bits per heavy atom. The number of benzene rings is 1. The van der Waals surface area contributed by atoms with Crippen molar-refractivity contribution in [2.45, 2.75) is 38.8 Å². The monoisotopic (exact) mass is 419 g/mol. The van der Waals surface area contributed by atoms with Gasteiger partial charge in [-0.3, -0.25) is 9.48 Å². The maximum absolute atomic E-state index is 13.2. The fourth-order valence-electron chi connectivity index (χ4n) is 3.96. The Hall–Kier alpha value is -3.46. The van der Waals surface area contributed by atoms with Gasteiger partial charge in [-0.2, -0.15) is 10.2 Å². The summed E-state index contributed by atoms with van der Waals surface area (Å²) in [5, 5.41) is 16.2. The van der Waals surface area contributed by atoms with Crippen LogP contribution in [0.25, 0.3) is 16.6 Å². The number of carbonyl (C=O) groups is 1. The SMILES string of the molecule is CC(C)Oc1cc2nn(C3CCNCC3)cc2cc1C(=O)Nc1cnn2cccnc12. The lowest BCUT2D eigenvalue weighted by Gasteiger charge is -2.22. The highest BCUT2D eigenvalue weighted by Crippen LogP contribution is 2.29. The summed E-state index contributed by atoms with van der Waals surface area (Å²) in [6, 6.07) is 5.86. The van der Waals surface area contributed by atoms with Gasteiger partial charge in [-0.15, -0.1) is 0 Å². The average Bonchev–Trinajstić information content (AvgIpc) is 3.37. The van der Waals surface area contributed by atoms with E-state index in [2.05, 4.69) is 20.7 Å². The van der Waals surface area contributed by atoms with Crippen LogP contribution in [0.15, 0.2) is 43.0 Å². The molecular formula is C22H25N7O2. The van der Waals surface area contributed by atoms with Crippen molar-refractivity contribution in [1.29, 1.82) is 0 Å². The van der Waals surface area contributed by atoms with Gasteiger partial charge >= 0.3 is 0 Å². The third-order valence-electron chi connectivity index (χ3n) is 5.44. The van der Waals surface area contributed by atoms with E-state index in [9.17, 15) is 4.79 Å². The first-order chi connectivity index (χ1) is 15.1. The largest absolute Gasteiger partial charge is 0.490 e. The minimum absolute atomic E-state index is 0.0749. The molecular weight excluding hydrogens is 394 g/mol. The fraction of sp³-hybridized carbons (Fsp3) is 0.364. The highest BCUT2D eigenvalue weighted by Gasteiger charge is 2.21. The molecule has 5 rings (SSSR count). The molecule has 0 radical (unpaired) electrons. The zero-order chi connectivity index (χ0) is 21.4. The zero-order valence-corrected chi connectivity index (χ0v) is 17.6. The van der Waals surface area contributed by atoms with E-state index in [4.69, 9.17) is 9.84 Å². The Balaban J connectivity index is 1.51. The summed E-state index contributed by atoms with van der Waals surface area (Å²) in [7, 11) is 0. The Kier molecular flexibility index (Phi) is 5.03. The molecule has 1 aliphatic rings. The number of carbonyl (C=O) groups excluding carboxylic acids is 1. The predicted octanol–water partition coefficient (Wildman–Crippen LogP) is 3.04. The number of hydrogen-bond acceptors (Lipinski definition) is 6. The van der Waals surface area contributed by atoms with Crippen LogP contribution in [0.2, 0.25) is 0 Å². The lowest BCUT2D eigenvalue weighted by Crippen LogP contribution is -2.29. The van der Waals surface area contributed by atoms with Crippen LogP contribution in [0.3, 0.4) is 0 Å². The maximum atomic E-state index is 13.2. The summed E-state index contributed by atoms with van der Waals surface area (Å²) < 4.78 is 9.63. The first-order valence-electron chi connectivity index (χ1n) is 10.6. The molecule has 1 aromatic carbocycles. The Bertz CT molecular complexity index is 1240. The van der Waals surface area contributed by atoms with Gasteiger partial charge in [0.2, 0.25) is 0 Å². The van der Waals surface area contributed by atoms with Crippen LogP contribution in [0.1, 0.15) is 43.1 Å². The summed E-state index contributed by atoms with van der Waals surface area (Å²) in [4.78, 5) is 17.5. The van der Waals surface area contributed by atoms with Crippen LogP contribution in [0.4, 0.5) is 5.69 Å². The van der Waals surface area contributed by atoms with Gasteiger partial charge in [0.1, 0.15) is 11.4 Å². The number of ether oxygens (including phenoxy) is 1. The summed E-state index contributed by atoms with van der Waals surface area (Å²) in [6.07, 6.45) is 9.08. The van der Waals surface area contributed by atoms with Crippen molar-refractivity contribution in [3.05, 3.63) is 48.5 Å². The molecule has 0 saturated carbocycles. The first kappa shape index (κ1) is 19.5. The van der Waals surface area contributed by atoms with Crippen molar-refractivity contribution in [2.75, 3.05) is 18.4 Å². The van der Waals surface area contributed by atoms with Crippen LogP contribution in [0.5, 0.6) is 5.75 Å². The summed E-state index contributed by atoms with van der Waals surface area (Å²) in [5.74, 6) is 0.243. The summed E-state index contributed by atoms with van der Waals surface area (Å²) in [6.45, 7) is 5.86. The van der Waals surface area contributed by atoms with E-state index in [0.29, 0.717) is 28.7 Å². The van der Waals surface area contributed by atoms with E-state index in [-0.39, 0.29) is 12.0 Å². The number of nitrogens with zero attached hydrogens (tertiary/aromatic N) is 5. The smallest absolute Gasteiger partial charge is 0.259 e. The standard InChI is InChI=1S/C22H25N7O2/c1-14(2)31-20-11-18-15(13-29(27-18)16-4-7-23-8-5-16)10-17(20)22(30)26-19-12-25-28-9-3-6-24-21(19)28/h3,6,9-14,16,23H,4-5,7-8H2,1-2H3,(H,26,30). The molecule has 9 heteroatoms. The number of aromatic nitrogens is 5. The van der Waals surface area contributed by atoms with Crippen molar-refractivity contribution < 1.29 is 9.53 Å². The van der Waals surface area contributed by atoms with Crippen molar-refractivity contribution >= 4 is 28.1 Å². The Labute approximate surface area is 179 Å². The van der Waals surface area contributed by atoms with E-state index in [1.54, 1.807) is 29.2 Å². The number of anilines is 1. The molecule has 1 fully saturated rings. The number of nitrogens with one attached hydrogen (secondary N) is 2. The molecule has 4 heterocycles. The van der Waals surface area contributed by atoms with Gasteiger partial charge in [-0.25, -0.2) is 9.50 Å². The van der Waals surface area contributed by atoms with Crippen molar-refractivity contribution in [3.63, 3.8) is 0 Å². The maximum Gasteiger partial charge on any atom is 0.259 e. The summed E-state index contributed by atoms with van der Waals surface area (Å²) >= 11 is 0. The van der Waals surface area contributed by atoms with Gasteiger partial charge in [-0.05, 0) is 51.9 Å². The number of piperidine rings is 1. The fourth-order valence-corrected chi connectivity index (χ4v) is 3.96. The zero-order valence-electron chi connectivity index (χ0n) is 17.6. The normalized spacial score (nSPS) is 15.1. The van der Waals surface area contributed by atoms with Gasteiger partial charge in [0, 0.05) is 30.0 Å². The highest BCUT2D eigenvalue weighted by molar-refractivity contribution is 6.09. The van der Waals surface area contributed by atoms with Crippen LogP contribution in [0, 0.1) is 0 Å². The minimum Gasteiger partial charge on any atom is -0.490 e. The van der Waals surface area contributed by atoms with Crippen molar-refractivity contribution in [3.8, 4) is 5.75 Å². The molecule has 31 heavy (non-hydrogen) atoms. The second-order valence-corrected chi connectivity index (χ2v) is 8.06. The van der Waals surface area contributed by atoms with Gasteiger partial charge in [0.15, 0.2) is 5.65 Å². The third-order valence-corrected chi connectivity index (χ3v) is 5.44. The van der Waals surface area contributed by atoms with Crippen LogP contribution >= 0.6 is 0 Å². The Morgan fingerprint density at radius 1 is 1.29 bits per heavy atom. The number of amides is 1. The number of rotatable bonds is 5. The summed E-state index contributed by atoms with van der Waals surface area (Å²) in [5.41, 5.74) is 2.42. The van der Waals surface area contributed by atoms with Crippen LogP contribution < -0.4 is 15.4 Å². The molecule has 2 N–H and O–H groups in total. The second-order valence-electron chi connectivity index (χ2n) is 8.06. The topological polar surface area (TPSA) is 98.4 Å². The van der Waals surface area contributed by atoms with E-state index in [1.807, 2.05) is 36.9 Å². The number of hydrogen-bond donors (Lipinski definition) is 2. The quantitative estimate of drug-likeness (QED) is 0.516. The molecule has 0 unspecified atom stereocenters. The molecule has 1 amide bonds. The second kappa shape index (κ2) is 7.99. The molecule has 0 spiro atoms. The highest BCUT2D eigenvalue weighted by atomic mass is 16.5. The van der Waals surface area contributed by atoms with Crippen LogP contribution in [-0.4, -0.2) is 49.5 Å². The van der Waals surface area contributed by atoms with E-state index < -0.39 is 0 Å². The molecule has 0 bridgehead atoms. The lowest BCUT2D eigenvalue weighted by atomic mass is 10.1. The first-order valence-corrected chi connectivity index (χ1v) is 10.6. The van der Waals surface area contributed by atoms with Crippen molar-refractivity contribution in [2.24, 2.45) is 0 Å². The van der Waals surface area contributed by atoms with E-state index >= 15 is 0 Å². The van der Waals surface area contributed by atoms with Gasteiger partial charge < -0.3 is 15.4 Å². The van der Waals surface area contributed by atoms with Crippen LogP contribution in [-0.2, 0) is 0 Å². The molecule has 1 saturated heterocycles. The third kappa shape index (κ3) is 3.84. The van der Waals surface area contributed by atoms with Gasteiger partial charge in [-0.1, -0.05) is 0 Å². The average molecular weight is 419 g/mol. The minimum atomic E-state index is -0.271. The lowest BCUT2D eigenvalue weighted by molar-refractivity contribution is 0.102. The molecule has 160 valence electrons. The van der Waals surface area contributed by atoms with Gasteiger partial charge in [0.25, 0.3) is 5.91 Å². The Morgan fingerprint density at radius 3 is 2.94 bits per heavy atom. The van der Waals surface area contributed by atoms with Gasteiger partial charge in [0.05, 0.1) is 29.4 Å². The molecule has 3 aromatic heterocycles. The molecule has 1 aliphatic heterocycles. The predicted molar refractivity (Wildman–Crippen MR) is 118 cm³/mol. The molecule has 4 aromatic rings. The molecule has 0 aliphatic carbocycles. The van der Waals surface area contributed by atoms with E-state index in [1.165, 1.54) is 0 Å². The number of fused-ring (bicyclic) bond motifs is 2. The van der Waals surface area contributed by atoms with Crippen molar-refractivity contribution in [1.82, 2.24) is 29.7 Å².